The van der Waals surface area contributed by atoms with E-state index in [2.05, 4.69) is 4.90 Å². The molecule has 3 aromatic carbocycles. The molecular weight excluding hydrogens is 489 g/mol. The van der Waals surface area contributed by atoms with Crippen molar-refractivity contribution >= 4 is 34.2 Å². The molecule has 0 amide bonds. The fraction of sp³-hybridized carbons (Fsp3) is 0.222. The Hall–Kier alpha value is -3.19. The SMILES string of the molecule is COc1ccc(-c2coc3c4c(ccc3c2=O)OCN(CCc2ccc(Cl)cc2Cl)C4)cc1OC. The van der Waals surface area contributed by atoms with Crippen molar-refractivity contribution in [3.8, 4) is 28.4 Å². The summed E-state index contributed by atoms with van der Waals surface area (Å²) < 4.78 is 22.7. The van der Waals surface area contributed by atoms with Gasteiger partial charge in [-0.25, -0.2) is 0 Å². The van der Waals surface area contributed by atoms with E-state index >= 15 is 0 Å². The molecule has 0 fully saturated rings. The summed E-state index contributed by atoms with van der Waals surface area (Å²) in [5.41, 5.74) is 3.42. The third kappa shape index (κ3) is 4.57. The number of ether oxygens (including phenoxy) is 3. The molecule has 0 saturated heterocycles. The molecule has 180 valence electrons. The molecule has 1 aliphatic heterocycles. The second kappa shape index (κ2) is 9.82. The molecule has 6 nitrogen and oxygen atoms in total. The largest absolute Gasteiger partial charge is 0.493 e. The van der Waals surface area contributed by atoms with E-state index in [4.69, 9.17) is 41.8 Å². The zero-order valence-corrected chi connectivity index (χ0v) is 20.8. The van der Waals surface area contributed by atoms with Crippen molar-refractivity contribution in [1.29, 1.82) is 0 Å². The first-order valence-corrected chi connectivity index (χ1v) is 11.8. The Labute approximate surface area is 212 Å². The summed E-state index contributed by atoms with van der Waals surface area (Å²) in [6.45, 7) is 1.76. The van der Waals surface area contributed by atoms with Crippen molar-refractivity contribution in [3.05, 3.63) is 86.2 Å². The quantitative estimate of drug-likeness (QED) is 0.308. The Morgan fingerprint density at radius 2 is 1.83 bits per heavy atom. The lowest BCUT2D eigenvalue weighted by molar-refractivity contribution is 0.0968. The second-order valence-corrected chi connectivity index (χ2v) is 9.12. The highest BCUT2D eigenvalue weighted by atomic mass is 35.5. The standard InChI is InChI=1S/C27H23Cl2NO5/c1-32-24-7-4-17(11-25(24)33-2)21-14-34-27-19(26(21)31)6-8-23-20(27)13-30(15-35-23)10-9-16-3-5-18(28)12-22(16)29/h3-8,11-12,14H,9-10,13,15H2,1-2H3. The van der Waals surface area contributed by atoms with Crippen LogP contribution in [0.2, 0.25) is 10.0 Å². The first kappa shape index (κ1) is 23.5. The summed E-state index contributed by atoms with van der Waals surface area (Å²) >= 11 is 12.3. The summed E-state index contributed by atoms with van der Waals surface area (Å²) in [6, 6.07) is 14.5. The minimum Gasteiger partial charge on any atom is -0.493 e. The van der Waals surface area contributed by atoms with Gasteiger partial charge in [0.05, 0.1) is 30.7 Å². The van der Waals surface area contributed by atoms with Crippen LogP contribution in [-0.2, 0) is 13.0 Å². The van der Waals surface area contributed by atoms with Crippen molar-refractivity contribution in [2.45, 2.75) is 13.0 Å². The van der Waals surface area contributed by atoms with Crippen LogP contribution >= 0.6 is 23.2 Å². The number of hydrogen-bond donors (Lipinski definition) is 0. The molecule has 1 aliphatic rings. The first-order chi connectivity index (χ1) is 17.0. The normalized spacial score (nSPS) is 13.4. The van der Waals surface area contributed by atoms with Gasteiger partial charge in [-0.15, -0.1) is 0 Å². The van der Waals surface area contributed by atoms with Crippen LogP contribution < -0.4 is 19.6 Å². The molecule has 0 bridgehead atoms. The van der Waals surface area contributed by atoms with Crippen LogP contribution in [-0.4, -0.2) is 32.4 Å². The van der Waals surface area contributed by atoms with Crippen molar-refractivity contribution in [1.82, 2.24) is 4.90 Å². The number of rotatable bonds is 6. The molecule has 1 aromatic heterocycles. The molecule has 2 heterocycles. The number of fused-ring (bicyclic) bond motifs is 3. The van der Waals surface area contributed by atoms with Crippen LogP contribution in [0.1, 0.15) is 11.1 Å². The average molecular weight is 512 g/mol. The van der Waals surface area contributed by atoms with Gasteiger partial charge in [0.25, 0.3) is 0 Å². The minimum atomic E-state index is -0.119. The Morgan fingerprint density at radius 1 is 1.00 bits per heavy atom. The van der Waals surface area contributed by atoms with Gasteiger partial charge in [0.2, 0.25) is 5.43 Å². The molecule has 0 atom stereocenters. The van der Waals surface area contributed by atoms with Crippen LogP contribution in [0.5, 0.6) is 17.2 Å². The molecule has 4 aromatic rings. The Morgan fingerprint density at radius 3 is 2.60 bits per heavy atom. The Kier molecular flexibility index (Phi) is 6.60. The van der Waals surface area contributed by atoms with Gasteiger partial charge in [-0.3, -0.25) is 9.69 Å². The molecule has 0 unspecified atom stereocenters. The lowest BCUT2D eigenvalue weighted by Crippen LogP contribution is -2.33. The zero-order valence-electron chi connectivity index (χ0n) is 19.3. The predicted octanol–water partition coefficient (Wildman–Crippen LogP) is 6.18. The smallest absolute Gasteiger partial charge is 0.200 e. The summed E-state index contributed by atoms with van der Waals surface area (Å²) in [5.74, 6) is 1.85. The van der Waals surface area contributed by atoms with Crippen LogP contribution in [0, 0.1) is 0 Å². The van der Waals surface area contributed by atoms with Gasteiger partial charge < -0.3 is 18.6 Å². The topological polar surface area (TPSA) is 61.1 Å². The van der Waals surface area contributed by atoms with Gasteiger partial charge in [0, 0.05) is 23.1 Å². The summed E-state index contributed by atoms with van der Waals surface area (Å²) in [7, 11) is 3.13. The van der Waals surface area contributed by atoms with E-state index in [1.165, 1.54) is 6.26 Å². The monoisotopic (exact) mass is 511 g/mol. The molecule has 0 saturated carbocycles. The fourth-order valence-electron chi connectivity index (χ4n) is 4.30. The molecule has 0 radical (unpaired) electrons. The molecule has 35 heavy (non-hydrogen) atoms. The van der Waals surface area contributed by atoms with Crippen molar-refractivity contribution in [3.63, 3.8) is 0 Å². The van der Waals surface area contributed by atoms with Crippen LogP contribution in [0.25, 0.3) is 22.1 Å². The van der Waals surface area contributed by atoms with Crippen LogP contribution in [0.15, 0.2) is 64.0 Å². The lowest BCUT2D eigenvalue weighted by atomic mass is 10.0. The number of methoxy groups -OCH3 is 2. The number of benzene rings is 3. The van der Waals surface area contributed by atoms with E-state index in [0.29, 0.717) is 56.9 Å². The van der Waals surface area contributed by atoms with Gasteiger partial charge in [0.15, 0.2) is 11.5 Å². The molecule has 5 rings (SSSR count). The third-order valence-electron chi connectivity index (χ3n) is 6.19. The fourth-order valence-corrected chi connectivity index (χ4v) is 4.81. The number of nitrogens with zero attached hydrogens (tertiary/aromatic N) is 1. The predicted molar refractivity (Wildman–Crippen MR) is 137 cm³/mol. The van der Waals surface area contributed by atoms with Crippen LogP contribution in [0.4, 0.5) is 0 Å². The molecule has 0 spiro atoms. The van der Waals surface area contributed by atoms with Crippen LogP contribution in [0.3, 0.4) is 0 Å². The third-order valence-corrected chi connectivity index (χ3v) is 6.78. The maximum absolute atomic E-state index is 13.4. The minimum absolute atomic E-state index is 0.119. The van der Waals surface area contributed by atoms with E-state index < -0.39 is 0 Å². The molecule has 8 heteroatoms. The highest BCUT2D eigenvalue weighted by Gasteiger charge is 2.23. The van der Waals surface area contributed by atoms with E-state index in [-0.39, 0.29) is 5.43 Å². The summed E-state index contributed by atoms with van der Waals surface area (Å²) in [5, 5.41) is 1.76. The average Bonchev–Trinajstić information content (AvgIpc) is 2.87. The van der Waals surface area contributed by atoms with E-state index in [0.717, 1.165) is 29.8 Å². The Bertz CT molecular complexity index is 1470. The van der Waals surface area contributed by atoms with Gasteiger partial charge >= 0.3 is 0 Å². The van der Waals surface area contributed by atoms with Gasteiger partial charge in [-0.05, 0) is 53.9 Å². The van der Waals surface area contributed by atoms with E-state index in [1.807, 2.05) is 24.3 Å². The van der Waals surface area contributed by atoms with Gasteiger partial charge in [-0.1, -0.05) is 35.3 Å². The van der Waals surface area contributed by atoms with Crippen molar-refractivity contribution in [2.24, 2.45) is 0 Å². The molecular formula is C27H23Cl2NO5. The number of hydrogen-bond acceptors (Lipinski definition) is 6. The highest BCUT2D eigenvalue weighted by Crippen LogP contribution is 2.35. The second-order valence-electron chi connectivity index (χ2n) is 8.28. The van der Waals surface area contributed by atoms with Gasteiger partial charge in [0.1, 0.15) is 24.3 Å². The van der Waals surface area contributed by atoms with E-state index in [1.54, 1.807) is 38.5 Å². The lowest BCUT2D eigenvalue weighted by Gasteiger charge is -2.29. The number of halogens is 2. The highest BCUT2D eigenvalue weighted by molar-refractivity contribution is 6.35. The maximum atomic E-state index is 13.4. The first-order valence-electron chi connectivity index (χ1n) is 11.1. The Balaban J connectivity index is 1.44. The summed E-state index contributed by atoms with van der Waals surface area (Å²) in [6.07, 6.45) is 2.24. The van der Waals surface area contributed by atoms with E-state index in [9.17, 15) is 4.79 Å². The zero-order chi connectivity index (χ0) is 24.5. The maximum Gasteiger partial charge on any atom is 0.200 e. The van der Waals surface area contributed by atoms with Gasteiger partial charge in [-0.2, -0.15) is 0 Å². The van der Waals surface area contributed by atoms with Crippen molar-refractivity contribution < 1.29 is 18.6 Å². The molecule has 0 aliphatic carbocycles. The summed E-state index contributed by atoms with van der Waals surface area (Å²) in [4.78, 5) is 15.6. The van der Waals surface area contributed by atoms with Crippen molar-refractivity contribution in [2.75, 3.05) is 27.5 Å². The molecule has 0 N–H and O–H groups in total.